The van der Waals surface area contributed by atoms with Gasteiger partial charge in [-0.05, 0) is 47.9 Å². The van der Waals surface area contributed by atoms with Crippen LogP contribution in [0.5, 0.6) is 0 Å². The maximum atomic E-state index is 5.49. The maximum Gasteiger partial charge on any atom is 0.191 e. The van der Waals surface area contributed by atoms with Gasteiger partial charge in [0.05, 0.1) is 18.9 Å². The van der Waals surface area contributed by atoms with Gasteiger partial charge < -0.3 is 19.8 Å². The van der Waals surface area contributed by atoms with Crippen molar-refractivity contribution >= 4 is 40.7 Å². The van der Waals surface area contributed by atoms with E-state index >= 15 is 0 Å². The zero-order valence-corrected chi connectivity index (χ0v) is 19.7. The van der Waals surface area contributed by atoms with Gasteiger partial charge in [0, 0.05) is 32.0 Å². The highest BCUT2D eigenvalue weighted by Gasteiger charge is 2.16. The Morgan fingerprint density at radius 2 is 2.00 bits per heavy atom. The number of halogens is 1. The van der Waals surface area contributed by atoms with Crippen molar-refractivity contribution in [2.75, 3.05) is 26.3 Å². The summed E-state index contributed by atoms with van der Waals surface area (Å²) in [5.74, 6) is 2.32. The van der Waals surface area contributed by atoms with E-state index in [0.29, 0.717) is 5.92 Å². The molecule has 1 saturated heterocycles. The number of ether oxygens (including phenoxy) is 1. The number of benzene rings is 2. The third-order valence-electron chi connectivity index (χ3n) is 5.40. The highest BCUT2D eigenvalue weighted by molar-refractivity contribution is 14.0. The smallest absolute Gasteiger partial charge is 0.191 e. The number of guanidine groups is 1. The van der Waals surface area contributed by atoms with E-state index in [9.17, 15) is 0 Å². The number of nitrogens with zero attached hydrogens (tertiary/aromatic N) is 1. The fraction of sp³-hybridized carbons (Fsp3) is 0.375. The number of nitrogens with one attached hydrogen (secondary N) is 2. The molecular weight excluding hydrogens is 489 g/mol. The largest absolute Gasteiger partial charge is 0.469 e. The Bertz CT molecular complexity index is 937. The van der Waals surface area contributed by atoms with Crippen molar-refractivity contribution in [1.82, 2.24) is 10.6 Å². The molecule has 0 bridgehead atoms. The van der Waals surface area contributed by atoms with Crippen LogP contribution in [-0.2, 0) is 11.2 Å². The van der Waals surface area contributed by atoms with Gasteiger partial charge in [0.25, 0.3) is 0 Å². The molecule has 2 aromatic carbocycles. The molecule has 1 fully saturated rings. The molecule has 5 nitrogen and oxygen atoms in total. The summed E-state index contributed by atoms with van der Waals surface area (Å²) in [6.07, 6.45) is 3.62. The lowest BCUT2D eigenvalue weighted by molar-refractivity contribution is 0.187. The van der Waals surface area contributed by atoms with Crippen LogP contribution in [0, 0.1) is 5.92 Å². The van der Waals surface area contributed by atoms with E-state index in [1.165, 1.54) is 16.3 Å². The number of aliphatic imine (C=N–C) groups is 1. The van der Waals surface area contributed by atoms with Crippen molar-refractivity contribution in [2.45, 2.75) is 25.8 Å². The first-order valence-electron chi connectivity index (χ1n) is 10.4. The summed E-state index contributed by atoms with van der Waals surface area (Å²) in [6.45, 7) is 5.38. The molecule has 3 aromatic rings. The molecule has 2 atom stereocenters. The van der Waals surface area contributed by atoms with Crippen LogP contribution in [0.2, 0.25) is 0 Å². The molecule has 2 N–H and O–H groups in total. The highest BCUT2D eigenvalue weighted by Crippen LogP contribution is 2.20. The van der Waals surface area contributed by atoms with Gasteiger partial charge in [-0.1, -0.05) is 36.4 Å². The van der Waals surface area contributed by atoms with Crippen LogP contribution in [0.25, 0.3) is 10.8 Å². The fourth-order valence-electron chi connectivity index (χ4n) is 3.62. The Kier molecular flexibility index (Phi) is 8.57. The molecule has 4 rings (SSSR count). The van der Waals surface area contributed by atoms with E-state index in [1.807, 2.05) is 12.1 Å². The third kappa shape index (κ3) is 6.22. The molecule has 6 heteroatoms. The van der Waals surface area contributed by atoms with Crippen molar-refractivity contribution < 1.29 is 9.15 Å². The van der Waals surface area contributed by atoms with Gasteiger partial charge in [-0.3, -0.25) is 4.99 Å². The van der Waals surface area contributed by atoms with E-state index in [0.717, 1.165) is 50.9 Å². The minimum absolute atomic E-state index is 0. The molecule has 1 aromatic heterocycles. The summed E-state index contributed by atoms with van der Waals surface area (Å²) in [4.78, 5) is 4.84. The molecule has 0 amide bonds. The molecule has 160 valence electrons. The summed E-state index contributed by atoms with van der Waals surface area (Å²) in [5, 5.41) is 9.54. The van der Waals surface area contributed by atoms with Gasteiger partial charge >= 0.3 is 0 Å². The standard InChI is InChI=1S/C24H29N3O2.HI/c1-18(21-9-8-20-5-2-3-6-22(20)15-21)27-24(26-16-19-11-14-28-17-19)25-12-10-23-7-4-13-29-23;/h2-9,13,15,18-19H,10-12,14,16-17H2,1H3,(H2,25,26,27);1H. The Morgan fingerprint density at radius 3 is 2.77 bits per heavy atom. The average Bonchev–Trinajstić information content (AvgIpc) is 3.45. The van der Waals surface area contributed by atoms with E-state index < -0.39 is 0 Å². The lowest BCUT2D eigenvalue weighted by Crippen LogP contribution is -2.40. The second kappa shape index (κ2) is 11.4. The van der Waals surface area contributed by atoms with Crippen LogP contribution in [0.3, 0.4) is 0 Å². The first-order chi connectivity index (χ1) is 14.3. The molecule has 2 unspecified atom stereocenters. The molecule has 2 heterocycles. The minimum Gasteiger partial charge on any atom is -0.469 e. The molecular formula is C24H30IN3O2. The lowest BCUT2D eigenvalue weighted by Gasteiger charge is -2.19. The summed E-state index contributed by atoms with van der Waals surface area (Å²) in [5.41, 5.74) is 1.24. The number of fused-ring (bicyclic) bond motifs is 1. The number of furan rings is 1. The summed E-state index contributed by atoms with van der Waals surface area (Å²) >= 11 is 0. The Labute approximate surface area is 195 Å². The van der Waals surface area contributed by atoms with E-state index in [2.05, 4.69) is 60.0 Å². The second-order valence-corrected chi connectivity index (χ2v) is 7.65. The molecule has 30 heavy (non-hydrogen) atoms. The van der Waals surface area contributed by atoms with E-state index in [1.54, 1.807) is 6.26 Å². The topological polar surface area (TPSA) is 58.8 Å². The monoisotopic (exact) mass is 519 g/mol. The van der Waals surface area contributed by atoms with Crippen molar-refractivity contribution in [3.8, 4) is 0 Å². The number of rotatable bonds is 7. The van der Waals surface area contributed by atoms with Crippen molar-refractivity contribution in [3.05, 3.63) is 72.2 Å². The average molecular weight is 519 g/mol. The van der Waals surface area contributed by atoms with Crippen molar-refractivity contribution in [2.24, 2.45) is 10.9 Å². The highest BCUT2D eigenvalue weighted by atomic mass is 127. The van der Waals surface area contributed by atoms with Crippen LogP contribution in [0.1, 0.15) is 30.7 Å². The summed E-state index contributed by atoms with van der Waals surface area (Å²) < 4.78 is 10.9. The SMILES string of the molecule is CC(NC(=NCC1CCOC1)NCCc1ccco1)c1ccc2ccccc2c1.I. The third-order valence-corrected chi connectivity index (χ3v) is 5.40. The van der Waals surface area contributed by atoms with Crippen LogP contribution >= 0.6 is 24.0 Å². The van der Waals surface area contributed by atoms with Crippen LogP contribution in [0.15, 0.2) is 70.3 Å². The predicted octanol–water partition coefficient (Wildman–Crippen LogP) is 4.93. The van der Waals surface area contributed by atoms with E-state index in [4.69, 9.17) is 14.1 Å². The molecule has 0 saturated carbocycles. The molecule has 0 spiro atoms. The van der Waals surface area contributed by atoms with Crippen molar-refractivity contribution in [1.29, 1.82) is 0 Å². The van der Waals surface area contributed by atoms with Gasteiger partial charge in [0.2, 0.25) is 0 Å². The normalized spacial score (nSPS) is 17.5. The van der Waals surface area contributed by atoms with E-state index in [-0.39, 0.29) is 30.0 Å². The quantitative estimate of drug-likeness (QED) is 0.264. The van der Waals surface area contributed by atoms with Gasteiger partial charge in [-0.25, -0.2) is 0 Å². The first kappa shape index (κ1) is 22.6. The van der Waals surface area contributed by atoms with Crippen LogP contribution in [-0.4, -0.2) is 32.3 Å². The predicted molar refractivity (Wildman–Crippen MR) is 133 cm³/mol. The summed E-state index contributed by atoms with van der Waals surface area (Å²) in [7, 11) is 0. The fourth-order valence-corrected chi connectivity index (χ4v) is 3.62. The van der Waals surface area contributed by atoms with Crippen LogP contribution < -0.4 is 10.6 Å². The Morgan fingerprint density at radius 1 is 1.13 bits per heavy atom. The molecule has 1 aliphatic heterocycles. The number of hydrogen-bond acceptors (Lipinski definition) is 3. The molecule has 0 aliphatic carbocycles. The van der Waals surface area contributed by atoms with Crippen LogP contribution in [0.4, 0.5) is 0 Å². The Balaban J connectivity index is 0.00000256. The zero-order valence-electron chi connectivity index (χ0n) is 17.3. The molecule has 0 radical (unpaired) electrons. The van der Waals surface area contributed by atoms with Gasteiger partial charge in [0.1, 0.15) is 5.76 Å². The molecule has 1 aliphatic rings. The Hall–Kier alpha value is -2.06. The minimum atomic E-state index is 0. The number of hydrogen-bond donors (Lipinski definition) is 2. The zero-order chi connectivity index (χ0) is 19.9. The van der Waals surface area contributed by atoms with Gasteiger partial charge in [0.15, 0.2) is 5.96 Å². The lowest BCUT2D eigenvalue weighted by atomic mass is 10.0. The van der Waals surface area contributed by atoms with Gasteiger partial charge in [-0.2, -0.15) is 0 Å². The maximum absolute atomic E-state index is 5.49. The van der Waals surface area contributed by atoms with Crippen molar-refractivity contribution in [3.63, 3.8) is 0 Å². The second-order valence-electron chi connectivity index (χ2n) is 7.65. The first-order valence-corrected chi connectivity index (χ1v) is 10.4. The van der Waals surface area contributed by atoms with Gasteiger partial charge in [-0.15, -0.1) is 24.0 Å². The summed E-state index contributed by atoms with van der Waals surface area (Å²) in [6, 6.07) is 19.1.